The highest BCUT2D eigenvalue weighted by molar-refractivity contribution is 5.86. The van der Waals surface area contributed by atoms with Crippen LogP contribution < -0.4 is 4.74 Å². The van der Waals surface area contributed by atoms with Gasteiger partial charge in [0.15, 0.2) is 23.1 Å². The van der Waals surface area contributed by atoms with Gasteiger partial charge in [-0.2, -0.15) is 0 Å². The molecule has 0 fully saturated rings. The fourth-order valence-electron chi connectivity index (χ4n) is 2.73. The van der Waals surface area contributed by atoms with Gasteiger partial charge < -0.3 is 9.47 Å². The summed E-state index contributed by atoms with van der Waals surface area (Å²) in [6.45, 7) is 2.53. The third-order valence-electron chi connectivity index (χ3n) is 3.70. The number of fused-ring (bicyclic) bond motifs is 3. The lowest BCUT2D eigenvalue weighted by molar-refractivity contribution is 0.292. The summed E-state index contributed by atoms with van der Waals surface area (Å²) in [6.07, 6.45) is 3.73. The molecule has 0 unspecified atom stereocenters. The van der Waals surface area contributed by atoms with Gasteiger partial charge in [-0.3, -0.25) is 4.57 Å². The van der Waals surface area contributed by atoms with Crippen LogP contribution in [0.15, 0.2) is 67.0 Å². The molecule has 3 aromatic rings. The average molecular weight is 304 g/mol. The minimum atomic E-state index is 0.560. The fourth-order valence-corrected chi connectivity index (χ4v) is 2.73. The zero-order valence-electron chi connectivity index (χ0n) is 12.8. The molecule has 0 atom stereocenters. The van der Waals surface area contributed by atoms with Crippen molar-refractivity contribution in [1.29, 1.82) is 0 Å². The quantitative estimate of drug-likeness (QED) is 0.730. The Morgan fingerprint density at radius 3 is 2.74 bits per heavy atom. The second-order valence-corrected chi connectivity index (χ2v) is 5.15. The Morgan fingerprint density at radius 1 is 1.04 bits per heavy atom. The van der Waals surface area contributed by atoms with E-state index >= 15 is 0 Å². The molecule has 4 heteroatoms. The van der Waals surface area contributed by atoms with E-state index in [4.69, 9.17) is 9.47 Å². The second-order valence-electron chi connectivity index (χ2n) is 5.15. The van der Waals surface area contributed by atoms with Gasteiger partial charge in [0.25, 0.3) is 0 Å². The molecule has 1 aromatic carbocycles. The average Bonchev–Trinajstić information content (AvgIpc) is 3.04. The molecular weight excluding hydrogens is 288 g/mol. The van der Waals surface area contributed by atoms with Crippen LogP contribution in [0.1, 0.15) is 18.2 Å². The summed E-state index contributed by atoms with van der Waals surface area (Å²) in [5.41, 5.74) is 1.91. The standard InChI is InChI=1S/C19H16N2O2/c1-2-22-18-15-10-7-13-21(15)19-16(11-6-12-20-19)23-17(18)14-8-4-3-5-9-14/h3-13H,2H2,1H3. The molecule has 2 aromatic heterocycles. The normalized spacial score (nSPS) is 12.9. The molecule has 23 heavy (non-hydrogen) atoms. The van der Waals surface area contributed by atoms with Crippen LogP contribution in [0.4, 0.5) is 0 Å². The number of rotatable bonds is 3. The smallest absolute Gasteiger partial charge is 0.186 e. The van der Waals surface area contributed by atoms with Gasteiger partial charge in [0.2, 0.25) is 0 Å². The maximum Gasteiger partial charge on any atom is 0.186 e. The molecule has 114 valence electrons. The van der Waals surface area contributed by atoms with Crippen molar-refractivity contribution in [2.75, 3.05) is 6.61 Å². The first kappa shape index (κ1) is 13.6. The summed E-state index contributed by atoms with van der Waals surface area (Å²) in [4.78, 5) is 4.47. The van der Waals surface area contributed by atoms with Gasteiger partial charge in [0, 0.05) is 18.0 Å². The number of ether oxygens (including phenoxy) is 2. The number of benzene rings is 1. The first-order chi connectivity index (χ1) is 11.4. The Kier molecular flexibility index (Phi) is 3.35. The molecule has 1 aliphatic rings. The van der Waals surface area contributed by atoms with Gasteiger partial charge >= 0.3 is 0 Å². The highest BCUT2D eigenvalue weighted by Crippen LogP contribution is 2.37. The largest absolute Gasteiger partial charge is 0.488 e. The monoisotopic (exact) mass is 304 g/mol. The topological polar surface area (TPSA) is 36.3 Å². The van der Waals surface area contributed by atoms with E-state index in [-0.39, 0.29) is 0 Å². The van der Waals surface area contributed by atoms with Crippen LogP contribution in [0.3, 0.4) is 0 Å². The summed E-state index contributed by atoms with van der Waals surface area (Å²) < 4.78 is 14.2. The second kappa shape index (κ2) is 5.65. The Hall–Kier alpha value is -3.01. The summed E-state index contributed by atoms with van der Waals surface area (Å²) in [6, 6.07) is 17.8. The molecule has 0 aliphatic carbocycles. The molecule has 0 spiro atoms. The highest BCUT2D eigenvalue weighted by Gasteiger charge is 2.25. The third-order valence-corrected chi connectivity index (χ3v) is 3.70. The zero-order chi connectivity index (χ0) is 15.6. The van der Waals surface area contributed by atoms with E-state index in [2.05, 4.69) is 4.98 Å². The molecule has 0 saturated heterocycles. The van der Waals surface area contributed by atoms with Crippen molar-refractivity contribution < 1.29 is 9.47 Å². The summed E-state index contributed by atoms with van der Waals surface area (Å²) in [7, 11) is 0. The molecule has 3 heterocycles. The first-order valence-electron chi connectivity index (χ1n) is 7.62. The number of hydrogen-bond acceptors (Lipinski definition) is 3. The van der Waals surface area contributed by atoms with Crippen LogP contribution in [-0.2, 0) is 4.74 Å². The van der Waals surface area contributed by atoms with Crippen molar-refractivity contribution >= 4 is 11.5 Å². The van der Waals surface area contributed by atoms with Gasteiger partial charge in [0.1, 0.15) is 0 Å². The Balaban J connectivity index is 2.00. The van der Waals surface area contributed by atoms with Crippen LogP contribution in [0.2, 0.25) is 0 Å². The van der Waals surface area contributed by atoms with Crippen LogP contribution in [0, 0.1) is 0 Å². The Morgan fingerprint density at radius 2 is 1.91 bits per heavy atom. The summed E-state index contributed by atoms with van der Waals surface area (Å²) >= 11 is 0. The minimum absolute atomic E-state index is 0.560. The molecule has 0 bridgehead atoms. The van der Waals surface area contributed by atoms with E-state index in [0.29, 0.717) is 18.1 Å². The van der Waals surface area contributed by atoms with E-state index in [1.54, 1.807) is 6.20 Å². The van der Waals surface area contributed by atoms with E-state index in [1.165, 1.54) is 0 Å². The molecule has 0 radical (unpaired) electrons. The molecule has 0 amide bonds. The van der Waals surface area contributed by atoms with E-state index < -0.39 is 0 Å². The van der Waals surface area contributed by atoms with Gasteiger partial charge in [-0.1, -0.05) is 30.3 Å². The van der Waals surface area contributed by atoms with Gasteiger partial charge in [0.05, 0.1) is 12.3 Å². The van der Waals surface area contributed by atoms with E-state index in [1.807, 2.05) is 72.3 Å². The van der Waals surface area contributed by atoms with Crippen molar-refractivity contribution in [3.63, 3.8) is 0 Å². The number of hydrogen-bond donors (Lipinski definition) is 0. The van der Waals surface area contributed by atoms with Gasteiger partial charge in [-0.05, 0) is 31.2 Å². The van der Waals surface area contributed by atoms with E-state index in [0.717, 1.165) is 22.8 Å². The maximum atomic E-state index is 6.22. The van der Waals surface area contributed by atoms with Crippen LogP contribution in [0.25, 0.3) is 17.3 Å². The van der Waals surface area contributed by atoms with Crippen molar-refractivity contribution in [3.05, 3.63) is 78.2 Å². The Bertz CT molecular complexity index is 866. The molecule has 4 nitrogen and oxygen atoms in total. The molecule has 0 N–H and O–H groups in total. The zero-order valence-corrected chi connectivity index (χ0v) is 12.8. The van der Waals surface area contributed by atoms with Crippen LogP contribution in [0.5, 0.6) is 5.75 Å². The highest BCUT2D eigenvalue weighted by atomic mass is 16.5. The summed E-state index contributed by atoms with van der Waals surface area (Å²) in [5.74, 6) is 2.90. The maximum absolute atomic E-state index is 6.22. The number of nitrogens with zero attached hydrogens (tertiary/aromatic N) is 2. The lowest BCUT2D eigenvalue weighted by Gasteiger charge is -2.14. The fraction of sp³-hybridized carbons (Fsp3) is 0.105. The van der Waals surface area contributed by atoms with Crippen LogP contribution in [-0.4, -0.2) is 16.2 Å². The van der Waals surface area contributed by atoms with Crippen LogP contribution >= 0.6 is 0 Å². The first-order valence-corrected chi connectivity index (χ1v) is 7.62. The molecular formula is C19H16N2O2. The van der Waals surface area contributed by atoms with Gasteiger partial charge in [-0.25, -0.2) is 4.98 Å². The third kappa shape index (κ3) is 2.28. The van der Waals surface area contributed by atoms with Crippen molar-refractivity contribution in [2.24, 2.45) is 0 Å². The van der Waals surface area contributed by atoms with Gasteiger partial charge in [-0.15, -0.1) is 0 Å². The Labute approximate surface area is 134 Å². The molecule has 1 aliphatic heterocycles. The van der Waals surface area contributed by atoms with E-state index in [9.17, 15) is 0 Å². The number of pyridine rings is 1. The lowest BCUT2D eigenvalue weighted by Crippen LogP contribution is -2.02. The predicted molar refractivity (Wildman–Crippen MR) is 89.1 cm³/mol. The minimum Gasteiger partial charge on any atom is -0.488 e. The molecule has 0 saturated carbocycles. The number of aromatic nitrogens is 2. The lowest BCUT2D eigenvalue weighted by atomic mass is 10.1. The van der Waals surface area contributed by atoms with Crippen molar-refractivity contribution in [3.8, 4) is 11.6 Å². The summed E-state index contributed by atoms with van der Waals surface area (Å²) in [5, 5.41) is 0. The van der Waals surface area contributed by atoms with Crippen molar-refractivity contribution in [2.45, 2.75) is 6.92 Å². The molecule has 4 rings (SSSR count). The van der Waals surface area contributed by atoms with Crippen molar-refractivity contribution in [1.82, 2.24) is 9.55 Å². The predicted octanol–water partition coefficient (Wildman–Crippen LogP) is 4.13. The SMILES string of the molecule is CCOC1=C(c2ccccc2)Oc2cccnc2-n2cccc21.